The Morgan fingerprint density at radius 2 is 1.90 bits per heavy atom. The summed E-state index contributed by atoms with van der Waals surface area (Å²) in [5, 5.41) is 8.38. The fourth-order valence-electron chi connectivity index (χ4n) is 2.12. The van der Waals surface area contributed by atoms with Crippen LogP contribution in [0.2, 0.25) is 0 Å². The van der Waals surface area contributed by atoms with Crippen molar-refractivity contribution in [2.45, 2.75) is 0 Å². The van der Waals surface area contributed by atoms with Crippen LogP contribution < -0.4 is 10.2 Å². The standard InChI is InChI=1S/C12H15N5OS2/c18-10(15-11-13-1-7-19-11)9-16-3-5-17(6-4-16)12-14-2-8-20-12/h1-2,7-8H,3-6,9H2,(H,13,15,18). The molecule has 0 aromatic carbocycles. The molecule has 3 rings (SSSR count). The van der Waals surface area contributed by atoms with Crippen LogP contribution in [0.3, 0.4) is 0 Å². The van der Waals surface area contributed by atoms with E-state index in [9.17, 15) is 4.79 Å². The molecule has 0 unspecified atom stereocenters. The largest absolute Gasteiger partial charge is 0.346 e. The Hall–Kier alpha value is -1.51. The van der Waals surface area contributed by atoms with Crippen molar-refractivity contribution >= 4 is 38.8 Å². The maximum Gasteiger partial charge on any atom is 0.240 e. The van der Waals surface area contributed by atoms with Gasteiger partial charge in [-0.25, -0.2) is 9.97 Å². The highest BCUT2D eigenvalue weighted by Gasteiger charge is 2.20. The van der Waals surface area contributed by atoms with Crippen molar-refractivity contribution in [2.24, 2.45) is 0 Å². The summed E-state index contributed by atoms with van der Waals surface area (Å²) in [5.74, 6) is 0.00245. The van der Waals surface area contributed by atoms with Crippen molar-refractivity contribution in [1.29, 1.82) is 0 Å². The third-order valence-corrected chi connectivity index (χ3v) is 4.63. The lowest BCUT2D eigenvalue weighted by atomic mass is 10.3. The number of nitrogens with one attached hydrogen (secondary N) is 1. The summed E-state index contributed by atoms with van der Waals surface area (Å²) < 4.78 is 0. The van der Waals surface area contributed by atoms with Gasteiger partial charge in [-0.05, 0) is 0 Å². The first-order chi connectivity index (χ1) is 9.81. The van der Waals surface area contributed by atoms with Crippen molar-refractivity contribution in [2.75, 3.05) is 42.9 Å². The van der Waals surface area contributed by atoms with Gasteiger partial charge in [-0.3, -0.25) is 9.69 Å². The molecule has 0 saturated carbocycles. The van der Waals surface area contributed by atoms with Gasteiger partial charge in [0.2, 0.25) is 5.91 Å². The van der Waals surface area contributed by atoms with E-state index in [1.165, 1.54) is 11.3 Å². The van der Waals surface area contributed by atoms with Crippen molar-refractivity contribution < 1.29 is 4.79 Å². The Kier molecular flexibility index (Phi) is 4.24. The number of hydrogen-bond acceptors (Lipinski definition) is 7. The van der Waals surface area contributed by atoms with Gasteiger partial charge in [0.05, 0.1) is 6.54 Å². The number of thiazole rings is 2. The minimum Gasteiger partial charge on any atom is -0.346 e. The number of aromatic nitrogens is 2. The van der Waals surface area contributed by atoms with Gasteiger partial charge in [-0.1, -0.05) is 0 Å². The molecule has 20 heavy (non-hydrogen) atoms. The fraction of sp³-hybridized carbons (Fsp3) is 0.417. The number of carbonyl (C=O) groups excluding carboxylic acids is 1. The molecular formula is C12H15N5OS2. The summed E-state index contributed by atoms with van der Waals surface area (Å²) in [5.41, 5.74) is 0. The zero-order valence-electron chi connectivity index (χ0n) is 10.9. The average Bonchev–Trinajstić information content (AvgIpc) is 3.12. The van der Waals surface area contributed by atoms with E-state index in [0.29, 0.717) is 11.7 Å². The van der Waals surface area contributed by atoms with Crippen LogP contribution in [0, 0.1) is 0 Å². The van der Waals surface area contributed by atoms with Crippen LogP contribution in [0.15, 0.2) is 23.2 Å². The van der Waals surface area contributed by atoms with E-state index in [1.807, 2.05) is 17.0 Å². The molecule has 1 fully saturated rings. The van der Waals surface area contributed by atoms with Gasteiger partial charge >= 0.3 is 0 Å². The normalized spacial score (nSPS) is 16.3. The second-order valence-corrected chi connectivity index (χ2v) is 6.23. The number of hydrogen-bond donors (Lipinski definition) is 1. The van der Waals surface area contributed by atoms with E-state index in [-0.39, 0.29) is 5.91 Å². The summed E-state index contributed by atoms with van der Waals surface area (Å²) in [6.45, 7) is 4.01. The van der Waals surface area contributed by atoms with Gasteiger partial charge < -0.3 is 10.2 Å². The molecule has 1 N–H and O–H groups in total. The molecule has 2 aromatic rings. The molecular weight excluding hydrogens is 294 g/mol. The Bertz CT molecular complexity index is 534. The molecule has 8 heteroatoms. The predicted molar refractivity (Wildman–Crippen MR) is 81.5 cm³/mol. The third-order valence-electron chi connectivity index (χ3n) is 3.11. The van der Waals surface area contributed by atoms with E-state index in [2.05, 4.69) is 25.1 Å². The summed E-state index contributed by atoms with van der Waals surface area (Å²) in [6, 6.07) is 0. The predicted octanol–water partition coefficient (Wildman–Crippen LogP) is 1.36. The molecule has 0 aliphatic carbocycles. The topological polar surface area (TPSA) is 61.4 Å². The van der Waals surface area contributed by atoms with Gasteiger partial charge in [-0.2, -0.15) is 0 Å². The number of nitrogens with zero attached hydrogens (tertiary/aromatic N) is 4. The van der Waals surface area contributed by atoms with Gasteiger partial charge in [0.1, 0.15) is 0 Å². The fourth-order valence-corrected chi connectivity index (χ4v) is 3.36. The molecule has 1 amide bonds. The van der Waals surface area contributed by atoms with Crippen LogP contribution in [0.1, 0.15) is 0 Å². The Balaban J connectivity index is 1.45. The lowest BCUT2D eigenvalue weighted by molar-refractivity contribution is -0.117. The molecule has 1 aliphatic rings. The molecule has 1 aliphatic heterocycles. The van der Waals surface area contributed by atoms with Crippen molar-refractivity contribution in [1.82, 2.24) is 14.9 Å². The van der Waals surface area contributed by atoms with Crippen LogP contribution in [0.25, 0.3) is 0 Å². The number of amides is 1. The first-order valence-electron chi connectivity index (χ1n) is 6.37. The third kappa shape index (κ3) is 3.33. The quantitative estimate of drug-likeness (QED) is 0.924. The maximum atomic E-state index is 11.9. The first kappa shape index (κ1) is 13.5. The Morgan fingerprint density at radius 1 is 1.15 bits per heavy atom. The molecule has 2 aromatic heterocycles. The van der Waals surface area contributed by atoms with Crippen LogP contribution in [0.4, 0.5) is 10.3 Å². The highest BCUT2D eigenvalue weighted by Crippen LogP contribution is 2.18. The van der Waals surface area contributed by atoms with Gasteiger partial charge in [0.25, 0.3) is 0 Å². The Labute approximate surface area is 125 Å². The van der Waals surface area contributed by atoms with Crippen LogP contribution >= 0.6 is 22.7 Å². The van der Waals surface area contributed by atoms with Gasteiger partial charge in [0.15, 0.2) is 10.3 Å². The van der Waals surface area contributed by atoms with Crippen LogP contribution in [-0.4, -0.2) is 53.5 Å². The van der Waals surface area contributed by atoms with Gasteiger partial charge in [-0.15, -0.1) is 22.7 Å². The van der Waals surface area contributed by atoms with E-state index < -0.39 is 0 Å². The molecule has 0 atom stereocenters. The lowest BCUT2D eigenvalue weighted by Gasteiger charge is -2.33. The minimum atomic E-state index is 0.00245. The van der Waals surface area contributed by atoms with Crippen LogP contribution in [0.5, 0.6) is 0 Å². The number of carbonyl (C=O) groups is 1. The summed E-state index contributed by atoms with van der Waals surface area (Å²) in [7, 11) is 0. The second kappa shape index (κ2) is 6.29. The summed E-state index contributed by atoms with van der Waals surface area (Å²) in [4.78, 5) is 24.7. The molecule has 6 nitrogen and oxygen atoms in total. The van der Waals surface area contributed by atoms with E-state index in [4.69, 9.17) is 0 Å². The van der Waals surface area contributed by atoms with Crippen molar-refractivity contribution in [3.8, 4) is 0 Å². The molecule has 3 heterocycles. The average molecular weight is 309 g/mol. The summed E-state index contributed by atoms with van der Waals surface area (Å²) >= 11 is 3.09. The first-order valence-corrected chi connectivity index (χ1v) is 8.13. The molecule has 0 spiro atoms. The zero-order valence-corrected chi connectivity index (χ0v) is 12.5. The maximum absolute atomic E-state index is 11.9. The molecule has 0 bridgehead atoms. The minimum absolute atomic E-state index is 0.00245. The highest BCUT2D eigenvalue weighted by atomic mass is 32.1. The van der Waals surface area contributed by atoms with Crippen molar-refractivity contribution in [3.63, 3.8) is 0 Å². The molecule has 1 saturated heterocycles. The summed E-state index contributed by atoms with van der Waals surface area (Å²) in [6.07, 6.45) is 3.51. The number of anilines is 2. The monoisotopic (exact) mass is 309 g/mol. The Morgan fingerprint density at radius 3 is 2.55 bits per heavy atom. The SMILES string of the molecule is O=C(CN1CCN(c2nccs2)CC1)Nc1nccs1. The number of rotatable bonds is 4. The van der Waals surface area contributed by atoms with E-state index in [0.717, 1.165) is 31.3 Å². The van der Waals surface area contributed by atoms with Crippen molar-refractivity contribution in [3.05, 3.63) is 23.2 Å². The van der Waals surface area contributed by atoms with Gasteiger partial charge in [0, 0.05) is 49.3 Å². The van der Waals surface area contributed by atoms with E-state index >= 15 is 0 Å². The van der Waals surface area contributed by atoms with Crippen LogP contribution in [-0.2, 0) is 4.79 Å². The number of piperazine rings is 1. The lowest BCUT2D eigenvalue weighted by Crippen LogP contribution is -2.48. The second-order valence-electron chi connectivity index (χ2n) is 4.46. The smallest absolute Gasteiger partial charge is 0.240 e. The molecule has 0 radical (unpaired) electrons. The van der Waals surface area contributed by atoms with E-state index in [1.54, 1.807) is 17.5 Å². The molecule has 106 valence electrons. The zero-order chi connectivity index (χ0) is 13.8. The highest BCUT2D eigenvalue weighted by molar-refractivity contribution is 7.14.